The first-order valence-electron chi connectivity index (χ1n) is 15.7. The van der Waals surface area contributed by atoms with Gasteiger partial charge in [0.1, 0.15) is 5.52 Å². The summed E-state index contributed by atoms with van der Waals surface area (Å²) in [6, 6.07) is 5.79. The van der Waals surface area contributed by atoms with E-state index in [0.29, 0.717) is 80.1 Å². The molecule has 3 aromatic rings. The summed E-state index contributed by atoms with van der Waals surface area (Å²) in [7, 11) is 5.13. The molecule has 0 radical (unpaired) electrons. The molecule has 3 aliphatic rings. The third-order valence-corrected chi connectivity index (χ3v) is 9.50. The number of benzene rings is 1. The first-order valence-corrected chi connectivity index (χ1v) is 15.7. The number of nitrogens with zero attached hydrogens (tertiary/aromatic N) is 5. The van der Waals surface area contributed by atoms with E-state index in [9.17, 15) is 14.4 Å². The Bertz CT molecular complexity index is 1550. The van der Waals surface area contributed by atoms with Crippen LogP contribution in [0.5, 0.6) is 11.5 Å². The van der Waals surface area contributed by atoms with Crippen molar-refractivity contribution >= 4 is 28.9 Å². The molecule has 44 heavy (non-hydrogen) atoms. The van der Waals surface area contributed by atoms with Gasteiger partial charge in [0.15, 0.2) is 17.1 Å². The van der Waals surface area contributed by atoms with Crippen molar-refractivity contribution in [3.05, 3.63) is 47.4 Å². The molecule has 3 amide bonds. The number of likely N-dealkylation sites (tertiary alicyclic amines) is 1. The lowest BCUT2D eigenvalue weighted by Crippen LogP contribution is -2.60. The number of ether oxygens (including phenoxy) is 2. The van der Waals surface area contributed by atoms with E-state index in [1.54, 1.807) is 32.8 Å². The minimum atomic E-state index is -0.0394. The van der Waals surface area contributed by atoms with Crippen molar-refractivity contribution in [3.63, 3.8) is 0 Å². The van der Waals surface area contributed by atoms with E-state index in [1.165, 1.54) is 0 Å². The Labute approximate surface area is 257 Å². The molecule has 2 fully saturated rings. The topological polar surface area (TPSA) is 119 Å². The first kappa shape index (κ1) is 29.9. The predicted molar refractivity (Wildman–Crippen MR) is 165 cm³/mol. The lowest BCUT2D eigenvalue weighted by atomic mass is 9.77. The van der Waals surface area contributed by atoms with Crippen molar-refractivity contribution in [1.82, 2.24) is 29.7 Å². The minimum absolute atomic E-state index is 0.0247. The zero-order valence-corrected chi connectivity index (χ0v) is 25.9. The van der Waals surface area contributed by atoms with Crippen LogP contribution in [0.1, 0.15) is 60.0 Å². The molecule has 0 unspecified atom stereocenters. The first-order chi connectivity index (χ1) is 21.4. The molecule has 3 aliphatic heterocycles. The quantitative estimate of drug-likeness (QED) is 0.489. The van der Waals surface area contributed by atoms with Crippen LogP contribution in [-0.2, 0) is 29.5 Å². The molecule has 3 atom stereocenters. The Morgan fingerprint density at radius 1 is 1.00 bits per heavy atom. The minimum Gasteiger partial charge on any atom is -0.493 e. The molecule has 2 aromatic heterocycles. The van der Waals surface area contributed by atoms with E-state index >= 15 is 0 Å². The number of imidazole rings is 1. The molecule has 11 nitrogen and oxygen atoms in total. The second-order valence-electron chi connectivity index (χ2n) is 12.4. The normalized spacial score (nSPS) is 23.2. The van der Waals surface area contributed by atoms with Crippen molar-refractivity contribution in [2.75, 3.05) is 40.4 Å². The summed E-state index contributed by atoms with van der Waals surface area (Å²) in [5.74, 6) is 1.81. The number of pyridine rings is 1. The number of carbonyl (C=O) groups excluding carboxylic acids is 3. The van der Waals surface area contributed by atoms with Crippen LogP contribution in [0.4, 0.5) is 0 Å². The molecule has 6 rings (SSSR count). The highest BCUT2D eigenvalue weighted by molar-refractivity contribution is 6.04. The van der Waals surface area contributed by atoms with Gasteiger partial charge in [0, 0.05) is 58.3 Å². The van der Waals surface area contributed by atoms with Crippen LogP contribution in [0.2, 0.25) is 0 Å². The lowest BCUT2D eigenvalue weighted by molar-refractivity contribution is -0.140. The van der Waals surface area contributed by atoms with Crippen molar-refractivity contribution in [2.45, 2.75) is 57.4 Å². The summed E-state index contributed by atoms with van der Waals surface area (Å²) in [6.45, 7) is 2.38. The fourth-order valence-electron chi connectivity index (χ4n) is 7.44. The van der Waals surface area contributed by atoms with Gasteiger partial charge in [-0.15, -0.1) is 0 Å². The maximum absolute atomic E-state index is 13.9. The van der Waals surface area contributed by atoms with Gasteiger partial charge in [-0.1, -0.05) is 6.07 Å². The van der Waals surface area contributed by atoms with Crippen LogP contribution < -0.4 is 14.8 Å². The van der Waals surface area contributed by atoms with E-state index in [0.717, 1.165) is 36.8 Å². The fourth-order valence-corrected chi connectivity index (χ4v) is 7.44. The van der Waals surface area contributed by atoms with Crippen molar-refractivity contribution < 1.29 is 23.9 Å². The van der Waals surface area contributed by atoms with Gasteiger partial charge < -0.3 is 29.2 Å². The molecule has 1 N–H and O–H groups in total. The molecule has 5 heterocycles. The summed E-state index contributed by atoms with van der Waals surface area (Å²) in [5.41, 5.74) is 3.91. The maximum atomic E-state index is 13.9. The smallest absolute Gasteiger partial charge is 0.256 e. The van der Waals surface area contributed by atoms with Crippen molar-refractivity contribution in [3.8, 4) is 11.5 Å². The molecule has 0 aliphatic carbocycles. The maximum Gasteiger partial charge on any atom is 0.256 e. The largest absolute Gasteiger partial charge is 0.493 e. The number of aromatic nitrogens is 3. The number of hydrogen-bond donors (Lipinski definition) is 1. The number of methoxy groups -OCH3 is 2. The molecular formula is C33H42N6O5. The summed E-state index contributed by atoms with van der Waals surface area (Å²) in [6.07, 6.45) is 8.67. The molecule has 4 bridgehead atoms. The van der Waals surface area contributed by atoms with Gasteiger partial charge in [-0.05, 0) is 73.6 Å². The fraction of sp³-hybridized carbons (Fsp3) is 0.545. The Hall–Kier alpha value is -4.15. The van der Waals surface area contributed by atoms with E-state index in [-0.39, 0.29) is 35.6 Å². The average Bonchev–Trinajstić information content (AvgIpc) is 3.42. The molecular weight excluding hydrogens is 560 g/mol. The van der Waals surface area contributed by atoms with E-state index in [1.807, 2.05) is 22.6 Å². The van der Waals surface area contributed by atoms with Gasteiger partial charge in [0.25, 0.3) is 5.91 Å². The standard InChI is InChI=1S/C33H42N6O5/c1-37-20-36-30-25(11-13-35-32(30)37)33(42)38-17-22-15-24(19-38)26-7-4-8-28(40)34-12-5-6-23-14-21(9-10-29(41)39(26)18-22)16-27(43-2)31(23)44-3/h11,13-14,16,20,22,24,26H,4-10,12,15,17-19H2,1-3H3,(H,34,40)/t22-,24+,26-/m0/s1. The number of amides is 3. The van der Waals surface area contributed by atoms with Crippen LogP contribution in [-0.4, -0.2) is 88.5 Å². The van der Waals surface area contributed by atoms with Crippen LogP contribution in [0.15, 0.2) is 30.7 Å². The van der Waals surface area contributed by atoms with Crippen molar-refractivity contribution in [1.29, 1.82) is 0 Å². The number of rotatable bonds is 3. The summed E-state index contributed by atoms with van der Waals surface area (Å²) in [5, 5.41) is 3.06. The number of nitrogens with one attached hydrogen (secondary N) is 1. The van der Waals surface area contributed by atoms with Crippen LogP contribution in [0, 0.1) is 11.8 Å². The lowest BCUT2D eigenvalue weighted by Gasteiger charge is -2.51. The number of hydrogen-bond acceptors (Lipinski definition) is 7. The second-order valence-corrected chi connectivity index (χ2v) is 12.4. The number of fused-ring (bicyclic) bond motifs is 7. The van der Waals surface area contributed by atoms with Gasteiger partial charge in [-0.25, -0.2) is 9.97 Å². The Balaban J connectivity index is 1.24. The zero-order valence-electron chi connectivity index (χ0n) is 25.9. The summed E-state index contributed by atoms with van der Waals surface area (Å²) >= 11 is 0. The SMILES string of the molecule is COc1cc2cc(c1OC)CCCNC(=O)CCC[C@H]1[C@@H]3C[C@@H](CN(C(=O)c4ccnc5c4ncn5C)C3)CN1C(=O)CC2. The third kappa shape index (κ3) is 5.96. The second kappa shape index (κ2) is 12.8. The van der Waals surface area contributed by atoms with E-state index < -0.39 is 0 Å². The van der Waals surface area contributed by atoms with E-state index in [4.69, 9.17) is 9.47 Å². The Morgan fingerprint density at radius 3 is 2.68 bits per heavy atom. The summed E-state index contributed by atoms with van der Waals surface area (Å²) < 4.78 is 13.1. The highest BCUT2D eigenvalue weighted by Gasteiger charge is 2.43. The molecule has 0 spiro atoms. The Kier molecular flexibility index (Phi) is 8.72. The van der Waals surface area contributed by atoms with Gasteiger partial charge >= 0.3 is 0 Å². The molecule has 0 saturated carbocycles. The highest BCUT2D eigenvalue weighted by Crippen LogP contribution is 2.38. The third-order valence-electron chi connectivity index (χ3n) is 9.50. The molecule has 11 heteroatoms. The number of aryl methyl sites for hydroxylation is 3. The zero-order chi connectivity index (χ0) is 30.8. The van der Waals surface area contributed by atoms with Crippen molar-refractivity contribution in [2.24, 2.45) is 18.9 Å². The number of piperidine rings is 2. The molecule has 2 saturated heterocycles. The summed E-state index contributed by atoms with van der Waals surface area (Å²) in [4.78, 5) is 53.3. The highest BCUT2D eigenvalue weighted by atomic mass is 16.5. The van der Waals surface area contributed by atoms with Gasteiger partial charge in [-0.3, -0.25) is 14.4 Å². The Morgan fingerprint density at radius 2 is 1.86 bits per heavy atom. The molecule has 1 aromatic carbocycles. The van der Waals surface area contributed by atoms with Gasteiger partial charge in [0.05, 0.1) is 26.1 Å². The van der Waals surface area contributed by atoms with Crippen LogP contribution in [0.3, 0.4) is 0 Å². The van der Waals surface area contributed by atoms with E-state index in [2.05, 4.69) is 26.3 Å². The monoisotopic (exact) mass is 602 g/mol. The van der Waals surface area contributed by atoms with Crippen LogP contribution in [0.25, 0.3) is 11.2 Å². The predicted octanol–water partition coefficient (Wildman–Crippen LogP) is 3.14. The number of carbonyl (C=O) groups is 3. The average molecular weight is 603 g/mol. The molecule has 234 valence electrons. The van der Waals surface area contributed by atoms with Gasteiger partial charge in [0.2, 0.25) is 11.8 Å². The van der Waals surface area contributed by atoms with Crippen LogP contribution >= 0.6 is 0 Å². The van der Waals surface area contributed by atoms with Gasteiger partial charge in [-0.2, -0.15) is 0 Å².